The van der Waals surface area contributed by atoms with E-state index < -0.39 is 14.5 Å². The Morgan fingerprint density at radius 3 is 1.23 bits per heavy atom. The molecule has 0 spiro atoms. The summed E-state index contributed by atoms with van der Waals surface area (Å²) in [6.45, 7) is 19.7. The largest absolute Gasteiger partial charge is 0.174 e. The maximum Gasteiger partial charge on any atom is 0.104 e. The van der Waals surface area contributed by atoms with Crippen LogP contribution >= 0.6 is 14.5 Å². The highest BCUT2D eigenvalue weighted by molar-refractivity contribution is 7.91. The molecule has 2 heteroatoms. The molecule has 0 nitrogen and oxygen atoms in total. The van der Waals surface area contributed by atoms with E-state index in [-0.39, 0.29) is 0 Å². The minimum absolute atomic E-state index is 0.781. The third-order valence-corrected chi connectivity index (χ3v) is 17.0. The zero-order chi connectivity index (χ0) is 16.1. The third kappa shape index (κ3) is 2.24. The zero-order valence-electron chi connectivity index (χ0n) is 14.8. The van der Waals surface area contributed by atoms with Gasteiger partial charge in [-0.3, -0.25) is 0 Å². The Hall–Kier alpha value is 0.0800. The predicted molar refractivity (Wildman–Crippen MR) is 107 cm³/mol. The van der Waals surface area contributed by atoms with Crippen LogP contribution in [0.2, 0.25) is 0 Å². The molecule has 1 aromatic carbocycles. The van der Waals surface area contributed by atoms with Gasteiger partial charge in [0.05, 0.1) is 0 Å². The van der Waals surface area contributed by atoms with Gasteiger partial charge in [-0.15, -0.1) is 0 Å². The molecule has 2 unspecified atom stereocenters. The first kappa shape index (κ1) is 16.9. The third-order valence-electron chi connectivity index (χ3n) is 6.93. The summed E-state index contributed by atoms with van der Waals surface area (Å²) < 4.78 is 0. The summed E-state index contributed by atoms with van der Waals surface area (Å²) in [6.07, 6.45) is 5.45. The number of hydrogen-bond donors (Lipinski definition) is 0. The molecule has 0 saturated carbocycles. The lowest BCUT2D eigenvalue weighted by atomic mass is 10.2. The Balaban J connectivity index is 2.16. The van der Waals surface area contributed by atoms with Crippen molar-refractivity contribution in [2.75, 3.05) is 0 Å². The lowest BCUT2D eigenvalue weighted by molar-refractivity contribution is 0.777. The van der Waals surface area contributed by atoms with Crippen LogP contribution in [-0.2, 0) is 0 Å². The van der Waals surface area contributed by atoms with Crippen molar-refractivity contribution >= 4 is 25.1 Å². The molecule has 22 heavy (non-hydrogen) atoms. The maximum atomic E-state index is 4.92. The van der Waals surface area contributed by atoms with Gasteiger partial charge in [-0.2, -0.15) is 13.3 Å². The van der Waals surface area contributed by atoms with Crippen molar-refractivity contribution in [3.8, 4) is 0 Å². The van der Waals surface area contributed by atoms with Crippen LogP contribution in [0.25, 0.3) is 0 Å². The number of benzene rings is 1. The summed E-state index contributed by atoms with van der Waals surface area (Å²) in [7, 11) is -2.60. The van der Waals surface area contributed by atoms with Crippen LogP contribution in [0.3, 0.4) is 0 Å². The molecule has 2 saturated heterocycles. The molecule has 2 fully saturated rings. The summed E-state index contributed by atoms with van der Waals surface area (Å²) in [5, 5.41) is 3.30. The Bertz CT molecular complexity index is 481. The van der Waals surface area contributed by atoms with Gasteiger partial charge in [-0.05, 0) is 65.5 Å². The monoisotopic (exact) mass is 334 g/mol. The van der Waals surface area contributed by atoms with Crippen LogP contribution in [0.1, 0.15) is 53.4 Å². The van der Waals surface area contributed by atoms with Crippen LogP contribution in [0.4, 0.5) is 0 Å². The van der Waals surface area contributed by atoms with Gasteiger partial charge < -0.3 is 0 Å². The highest BCUT2D eigenvalue weighted by atomic mass is 31.2. The second kappa shape index (κ2) is 5.86. The van der Waals surface area contributed by atoms with Crippen molar-refractivity contribution in [2.45, 2.75) is 76.0 Å². The first-order valence-electron chi connectivity index (χ1n) is 8.88. The van der Waals surface area contributed by atoms with Crippen LogP contribution in [0.5, 0.6) is 0 Å². The molecule has 2 aliphatic rings. The molecular weight excluding hydrogens is 302 g/mol. The molecule has 2 heterocycles. The van der Waals surface area contributed by atoms with Gasteiger partial charge in [0, 0.05) is 22.6 Å². The molecule has 0 aromatic heterocycles. The van der Waals surface area contributed by atoms with E-state index in [1.807, 2.05) is 0 Å². The first-order chi connectivity index (χ1) is 10.3. The van der Waals surface area contributed by atoms with Crippen molar-refractivity contribution in [2.24, 2.45) is 0 Å². The van der Waals surface area contributed by atoms with Crippen molar-refractivity contribution in [3.05, 3.63) is 37.6 Å². The Labute approximate surface area is 139 Å². The average molecular weight is 334 g/mol. The lowest BCUT2D eigenvalue weighted by Gasteiger charge is -2.41. The van der Waals surface area contributed by atoms with Gasteiger partial charge in [0.15, 0.2) is 0 Å². The standard InChI is InChI=1S/C20H32P2/c1-15-11-12-16(2)21(15,5)19-9-7-8-10-20(19)22(6)17(3)13-14-18(22)4/h7-10,15-18H,5-6,11-14H2,1-4H3/t15-,16+,17-,18+,21?,22?. The fraction of sp³-hybridized carbons (Fsp3) is 0.600. The predicted octanol–water partition coefficient (Wildman–Crippen LogP) is 5.70. The van der Waals surface area contributed by atoms with Crippen LogP contribution < -0.4 is 10.6 Å². The highest BCUT2D eigenvalue weighted by Gasteiger charge is 2.52. The average Bonchev–Trinajstić information content (AvgIpc) is 2.94. The Morgan fingerprint density at radius 1 is 0.682 bits per heavy atom. The number of hydrogen-bond acceptors (Lipinski definition) is 0. The summed E-state index contributed by atoms with van der Waals surface area (Å²) in [4.78, 5) is 0. The van der Waals surface area contributed by atoms with E-state index >= 15 is 0 Å². The quantitative estimate of drug-likeness (QED) is 0.481. The molecule has 0 aliphatic carbocycles. The second-order valence-corrected chi connectivity index (χ2v) is 16.1. The zero-order valence-corrected chi connectivity index (χ0v) is 16.5. The SMILES string of the molecule is [CH2-][P+]1(c2ccccc2[P+]2([CH2-])[C@H](C)CC[C@@H]2C)[C@H](C)CC[C@@H]1C. The summed E-state index contributed by atoms with van der Waals surface area (Å²) in [6, 6.07) is 9.36. The summed E-state index contributed by atoms with van der Waals surface area (Å²) >= 11 is 0. The summed E-state index contributed by atoms with van der Waals surface area (Å²) in [5.74, 6) is 0. The molecule has 0 radical (unpaired) electrons. The second-order valence-electron chi connectivity index (χ2n) is 7.90. The maximum absolute atomic E-state index is 4.92. The van der Waals surface area contributed by atoms with Crippen molar-refractivity contribution in [1.82, 2.24) is 0 Å². The van der Waals surface area contributed by atoms with Crippen molar-refractivity contribution in [1.29, 1.82) is 0 Å². The van der Waals surface area contributed by atoms with Crippen molar-refractivity contribution in [3.63, 3.8) is 0 Å². The molecule has 0 N–H and O–H groups in total. The molecule has 6 atom stereocenters. The molecule has 3 rings (SSSR count). The van der Waals surface area contributed by atoms with Gasteiger partial charge in [0.2, 0.25) is 0 Å². The summed E-state index contributed by atoms with van der Waals surface area (Å²) in [5.41, 5.74) is 3.12. The topological polar surface area (TPSA) is 0 Å². The van der Waals surface area contributed by atoms with Gasteiger partial charge in [-0.1, -0.05) is 26.7 Å². The van der Waals surface area contributed by atoms with E-state index in [1.54, 1.807) is 10.6 Å². The molecular formula is C20H32P2. The van der Waals surface area contributed by atoms with Crippen LogP contribution in [-0.4, -0.2) is 22.6 Å². The Morgan fingerprint density at radius 2 is 0.955 bits per heavy atom. The molecule has 0 bridgehead atoms. The van der Waals surface area contributed by atoms with E-state index in [1.165, 1.54) is 25.7 Å². The Kier molecular flexibility index (Phi) is 4.51. The fourth-order valence-corrected chi connectivity index (χ4v) is 13.8. The van der Waals surface area contributed by atoms with E-state index in [0.29, 0.717) is 0 Å². The van der Waals surface area contributed by atoms with Crippen LogP contribution in [0, 0.1) is 13.3 Å². The molecule has 1 aromatic rings. The normalized spacial score (nSPS) is 45.4. The molecule has 0 amide bonds. The lowest BCUT2D eigenvalue weighted by Crippen LogP contribution is -2.36. The molecule has 122 valence electrons. The van der Waals surface area contributed by atoms with E-state index in [9.17, 15) is 0 Å². The van der Waals surface area contributed by atoms with Gasteiger partial charge in [0.1, 0.15) is 10.6 Å². The van der Waals surface area contributed by atoms with Crippen molar-refractivity contribution < 1.29 is 0 Å². The van der Waals surface area contributed by atoms with Gasteiger partial charge in [-0.25, -0.2) is 0 Å². The molecule has 2 aliphatic heterocycles. The first-order valence-corrected chi connectivity index (χ1v) is 13.1. The highest BCUT2D eigenvalue weighted by Crippen LogP contribution is 2.75. The minimum atomic E-state index is -1.30. The van der Waals surface area contributed by atoms with Crippen LogP contribution in [0.15, 0.2) is 24.3 Å². The van der Waals surface area contributed by atoms with E-state index in [0.717, 1.165) is 22.6 Å². The smallest absolute Gasteiger partial charge is 0.104 e. The van der Waals surface area contributed by atoms with Gasteiger partial charge >= 0.3 is 0 Å². The fourth-order valence-electron chi connectivity index (χ4n) is 4.87. The van der Waals surface area contributed by atoms with Gasteiger partial charge in [0.25, 0.3) is 0 Å². The minimum Gasteiger partial charge on any atom is -0.174 e. The van der Waals surface area contributed by atoms with E-state index in [4.69, 9.17) is 13.3 Å². The number of rotatable bonds is 2. The van der Waals surface area contributed by atoms with E-state index in [2.05, 4.69) is 52.0 Å².